The number of anilines is 1. The van der Waals surface area contributed by atoms with E-state index in [2.05, 4.69) is 25.5 Å². The minimum absolute atomic E-state index is 0.0844. The van der Waals surface area contributed by atoms with Crippen LogP contribution in [0.3, 0.4) is 0 Å². The number of allylic oxidation sites excluding steroid dienone is 1. The van der Waals surface area contributed by atoms with Gasteiger partial charge in [0.15, 0.2) is 0 Å². The summed E-state index contributed by atoms with van der Waals surface area (Å²) in [6.07, 6.45) is 9.96. The number of esters is 1. The number of ether oxygens (including phenoxy) is 1. The maximum Gasteiger partial charge on any atom is 0.337 e. The van der Waals surface area contributed by atoms with Crippen molar-refractivity contribution >= 4 is 17.6 Å². The first-order valence-corrected chi connectivity index (χ1v) is 9.17. The third-order valence-electron chi connectivity index (χ3n) is 4.22. The average Bonchev–Trinajstić information content (AvgIpc) is 2.73. The van der Waals surface area contributed by atoms with Gasteiger partial charge in [0.05, 0.1) is 12.7 Å². The Kier molecular flexibility index (Phi) is 9.21. The lowest BCUT2D eigenvalue weighted by molar-refractivity contribution is -0.116. The zero-order valence-corrected chi connectivity index (χ0v) is 17.3. The number of carbonyl (C=O) groups excluding carboxylic acids is 2. The van der Waals surface area contributed by atoms with Gasteiger partial charge in [-0.15, -0.1) is 12.8 Å². The fourth-order valence-corrected chi connectivity index (χ4v) is 3.02. The van der Waals surface area contributed by atoms with Crippen LogP contribution in [0, 0.1) is 12.8 Å². The van der Waals surface area contributed by atoms with Crippen molar-refractivity contribution in [2.24, 2.45) is 5.73 Å². The Morgan fingerprint density at radius 2 is 1.62 bits per heavy atom. The molecule has 0 atom stereocenters. The molecule has 1 aliphatic heterocycles. The highest BCUT2D eigenvalue weighted by Crippen LogP contribution is 2.31. The van der Waals surface area contributed by atoms with E-state index in [1.807, 2.05) is 29.2 Å². The predicted molar refractivity (Wildman–Crippen MR) is 118 cm³/mol. The lowest BCUT2D eigenvalue weighted by Crippen LogP contribution is -2.33. The van der Waals surface area contributed by atoms with E-state index in [-0.39, 0.29) is 11.9 Å². The summed E-state index contributed by atoms with van der Waals surface area (Å²) in [5.74, 6) is -0.250. The van der Waals surface area contributed by atoms with Gasteiger partial charge in [0.1, 0.15) is 0 Å². The Morgan fingerprint density at radius 1 is 1.07 bits per heavy atom. The quantitative estimate of drug-likeness (QED) is 0.615. The molecule has 0 aliphatic carbocycles. The molecule has 0 spiro atoms. The second kappa shape index (κ2) is 11.4. The molecule has 3 rings (SSSR count). The van der Waals surface area contributed by atoms with Crippen LogP contribution in [0.15, 0.2) is 54.7 Å². The smallest absolute Gasteiger partial charge is 0.337 e. The van der Waals surface area contributed by atoms with E-state index < -0.39 is 0 Å². The summed E-state index contributed by atoms with van der Waals surface area (Å²) in [6, 6.07) is 13.5. The Balaban J connectivity index is 0.000000627. The van der Waals surface area contributed by atoms with Gasteiger partial charge in [-0.1, -0.05) is 24.8 Å². The fraction of sp³-hybridized carbons (Fsp3) is 0.250. The number of amides is 1. The molecule has 5 heteroatoms. The summed E-state index contributed by atoms with van der Waals surface area (Å²) >= 11 is 0. The van der Waals surface area contributed by atoms with Crippen LogP contribution in [0.25, 0.3) is 11.1 Å². The lowest BCUT2D eigenvalue weighted by atomic mass is 9.95. The van der Waals surface area contributed by atoms with Gasteiger partial charge in [0.25, 0.3) is 0 Å². The van der Waals surface area contributed by atoms with Crippen LogP contribution in [-0.2, 0) is 16.0 Å². The van der Waals surface area contributed by atoms with Gasteiger partial charge in [0.2, 0.25) is 5.91 Å². The van der Waals surface area contributed by atoms with E-state index in [1.165, 1.54) is 12.7 Å². The molecule has 0 saturated carbocycles. The van der Waals surface area contributed by atoms with E-state index in [1.54, 1.807) is 26.0 Å². The number of benzene rings is 2. The molecule has 2 N–H and O–H groups in total. The SMILES string of the molecule is C#C.C=C(C)N.COC(=O)c1ccc(-c2ccc3c(c2)CCCN3C(C)=O)cc1. The van der Waals surface area contributed by atoms with E-state index in [0.717, 1.165) is 36.2 Å². The van der Waals surface area contributed by atoms with Crippen molar-refractivity contribution < 1.29 is 14.3 Å². The van der Waals surface area contributed by atoms with Crippen LogP contribution in [0.4, 0.5) is 5.69 Å². The van der Waals surface area contributed by atoms with Crippen molar-refractivity contribution in [3.05, 3.63) is 65.9 Å². The van der Waals surface area contributed by atoms with Gasteiger partial charge < -0.3 is 15.4 Å². The molecule has 2 aromatic carbocycles. The molecule has 5 nitrogen and oxygen atoms in total. The topological polar surface area (TPSA) is 72.6 Å². The van der Waals surface area contributed by atoms with Crippen LogP contribution in [-0.4, -0.2) is 25.5 Å². The molecule has 0 saturated heterocycles. The summed E-state index contributed by atoms with van der Waals surface area (Å²) in [4.78, 5) is 25.1. The van der Waals surface area contributed by atoms with E-state index in [9.17, 15) is 9.59 Å². The highest BCUT2D eigenvalue weighted by atomic mass is 16.5. The molecule has 0 aromatic heterocycles. The number of nitrogens with two attached hydrogens (primary N) is 1. The fourth-order valence-electron chi connectivity index (χ4n) is 3.02. The third-order valence-corrected chi connectivity index (χ3v) is 4.22. The first kappa shape index (κ1) is 23.5. The van der Waals surface area contributed by atoms with Crippen molar-refractivity contribution in [2.45, 2.75) is 26.7 Å². The minimum Gasteiger partial charge on any atom is -0.465 e. The van der Waals surface area contributed by atoms with Crippen LogP contribution >= 0.6 is 0 Å². The number of hydrogen-bond donors (Lipinski definition) is 1. The monoisotopic (exact) mass is 392 g/mol. The first-order valence-electron chi connectivity index (χ1n) is 9.17. The number of rotatable bonds is 2. The highest BCUT2D eigenvalue weighted by Gasteiger charge is 2.20. The Morgan fingerprint density at radius 3 is 2.14 bits per heavy atom. The largest absolute Gasteiger partial charge is 0.465 e. The normalized spacial score (nSPS) is 11.6. The van der Waals surface area contributed by atoms with Crippen molar-refractivity contribution in [3.63, 3.8) is 0 Å². The number of fused-ring (bicyclic) bond motifs is 1. The van der Waals surface area contributed by atoms with Crippen molar-refractivity contribution in [1.82, 2.24) is 0 Å². The summed E-state index contributed by atoms with van der Waals surface area (Å²) < 4.78 is 4.71. The number of terminal acetylenes is 1. The first-order chi connectivity index (χ1) is 13.8. The highest BCUT2D eigenvalue weighted by molar-refractivity contribution is 5.93. The maximum absolute atomic E-state index is 11.7. The summed E-state index contributed by atoms with van der Waals surface area (Å²) in [5, 5.41) is 0. The zero-order valence-electron chi connectivity index (χ0n) is 17.3. The second-order valence-corrected chi connectivity index (χ2v) is 6.53. The molecule has 1 heterocycles. The van der Waals surface area contributed by atoms with Gasteiger partial charge in [-0.05, 0) is 66.4 Å². The Hall–Kier alpha value is -3.52. The number of carbonyl (C=O) groups is 2. The molecule has 1 aliphatic rings. The summed E-state index contributed by atoms with van der Waals surface area (Å²) in [7, 11) is 1.38. The summed E-state index contributed by atoms with van der Waals surface area (Å²) in [6.45, 7) is 7.48. The number of aryl methyl sites for hydroxylation is 1. The van der Waals surface area contributed by atoms with Crippen LogP contribution in [0.1, 0.15) is 36.2 Å². The number of hydrogen-bond acceptors (Lipinski definition) is 4. The molecule has 0 bridgehead atoms. The van der Waals surface area contributed by atoms with Crippen LogP contribution in [0.5, 0.6) is 0 Å². The molecule has 152 valence electrons. The number of methoxy groups -OCH3 is 1. The second-order valence-electron chi connectivity index (χ2n) is 6.53. The van der Waals surface area contributed by atoms with Gasteiger partial charge in [0, 0.05) is 19.2 Å². The van der Waals surface area contributed by atoms with Gasteiger partial charge in [-0.3, -0.25) is 4.79 Å². The number of nitrogens with zero attached hydrogens (tertiary/aromatic N) is 1. The Bertz CT molecular complexity index is 879. The van der Waals surface area contributed by atoms with Gasteiger partial charge >= 0.3 is 5.97 Å². The van der Waals surface area contributed by atoms with Crippen LogP contribution < -0.4 is 10.6 Å². The molecule has 1 amide bonds. The zero-order chi connectivity index (χ0) is 22.0. The molecule has 29 heavy (non-hydrogen) atoms. The molecule has 0 radical (unpaired) electrons. The molecule has 2 aromatic rings. The van der Waals surface area contributed by atoms with Crippen LogP contribution in [0.2, 0.25) is 0 Å². The average molecular weight is 392 g/mol. The molecular formula is C24H28N2O3. The maximum atomic E-state index is 11.7. The lowest BCUT2D eigenvalue weighted by Gasteiger charge is -2.29. The van der Waals surface area contributed by atoms with Gasteiger partial charge in [-0.25, -0.2) is 4.79 Å². The van der Waals surface area contributed by atoms with Gasteiger partial charge in [-0.2, -0.15) is 0 Å². The molecular weight excluding hydrogens is 364 g/mol. The van der Waals surface area contributed by atoms with Crippen molar-refractivity contribution in [3.8, 4) is 24.0 Å². The summed E-state index contributed by atoms with van der Waals surface area (Å²) in [5.41, 5.74) is 10.5. The molecule has 0 unspecified atom stereocenters. The van der Waals surface area contributed by atoms with Crippen molar-refractivity contribution in [1.29, 1.82) is 0 Å². The van der Waals surface area contributed by atoms with Crippen molar-refractivity contribution in [2.75, 3.05) is 18.6 Å². The Labute approximate surface area is 173 Å². The van der Waals surface area contributed by atoms with E-state index in [0.29, 0.717) is 11.3 Å². The molecule has 0 fully saturated rings. The van der Waals surface area contributed by atoms with E-state index in [4.69, 9.17) is 10.5 Å². The van der Waals surface area contributed by atoms with E-state index >= 15 is 0 Å². The standard InChI is InChI=1S/C19H19NO3.C3H7N.C2H2/c1-13(21)20-11-3-4-17-12-16(9-10-18(17)20)14-5-7-15(8-6-14)19(22)23-2;1-3(2)4;1-2/h5-10,12H,3-4,11H2,1-2H3;1,4H2,2H3;1-2H. The third kappa shape index (κ3) is 6.54. The predicted octanol–water partition coefficient (Wildman–Crippen LogP) is 4.17. The minimum atomic E-state index is -0.334.